The molecule has 1 aliphatic heterocycles. The number of amides is 1. The topological polar surface area (TPSA) is 89.7 Å². The summed E-state index contributed by atoms with van der Waals surface area (Å²) in [5.41, 5.74) is 1.72. The fourth-order valence-corrected chi connectivity index (χ4v) is 2.33. The lowest BCUT2D eigenvalue weighted by Crippen LogP contribution is -2.18. The number of methoxy groups -OCH3 is 1. The lowest BCUT2D eigenvalue weighted by Gasteiger charge is -2.18. The molecule has 0 unspecified atom stereocenters. The van der Waals surface area contributed by atoms with Crippen molar-refractivity contribution in [2.45, 2.75) is 6.92 Å². The summed E-state index contributed by atoms with van der Waals surface area (Å²) in [4.78, 5) is 27.0. The van der Waals surface area contributed by atoms with Crippen molar-refractivity contribution in [3.8, 4) is 11.5 Å². The molecule has 0 atom stereocenters. The summed E-state index contributed by atoms with van der Waals surface area (Å²) < 4.78 is 15.6. The van der Waals surface area contributed by atoms with Crippen LogP contribution in [0.25, 0.3) is 0 Å². The van der Waals surface area contributed by atoms with Crippen LogP contribution in [0.1, 0.15) is 26.5 Å². The number of aryl methyl sites for hydroxylation is 1. The summed E-state index contributed by atoms with van der Waals surface area (Å²) in [6.07, 6.45) is 0. The van der Waals surface area contributed by atoms with Gasteiger partial charge in [-0.1, -0.05) is 0 Å². The van der Waals surface area contributed by atoms with E-state index in [2.05, 4.69) is 10.3 Å². The van der Waals surface area contributed by atoms with Gasteiger partial charge in [-0.3, -0.25) is 4.79 Å². The second-order valence-corrected chi connectivity index (χ2v) is 5.05. The Bertz CT molecular complexity index is 766. The molecule has 0 fully saturated rings. The van der Waals surface area contributed by atoms with Crippen LogP contribution < -0.4 is 14.8 Å². The monoisotopic (exact) mass is 316 g/mol. The first kappa shape index (κ1) is 15.0. The first-order chi connectivity index (χ1) is 11.1. The number of esters is 1. The smallest absolute Gasteiger partial charge is 0.356 e. The molecule has 0 aliphatic carbocycles. The highest BCUT2D eigenvalue weighted by Gasteiger charge is 2.19. The molecule has 2 N–H and O–H groups in total. The molecule has 1 aromatic heterocycles. The van der Waals surface area contributed by atoms with Crippen LogP contribution in [-0.4, -0.2) is 37.2 Å². The number of anilines is 1. The summed E-state index contributed by atoms with van der Waals surface area (Å²) in [7, 11) is 1.28. The van der Waals surface area contributed by atoms with Crippen LogP contribution in [0.15, 0.2) is 24.3 Å². The molecule has 0 saturated carbocycles. The average molecular weight is 316 g/mol. The lowest BCUT2D eigenvalue weighted by molar-refractivity contribution is 0.0596. The minimum absolute atomic E-state index is 0.205. The highest BCUT2D eigenvalue weighted by molar-refractivity contribution is 6.08. The highest BCUT2D eigenvalue weighted by atomic mass is 16.6. The number of aromatic amines is 1. The van der Waals surface area contributed by atoms with E-state index in [0.717, 1.165) is 5.69 Å². The second-order valence-electron chi connectivity index (χ2n) is 5.05. The molecule has 7 heteroatoms. The zero-order valence-electron chi connectivity index (χ0n) is 12.8. The predicted octanol–water partition coefficient (Wildman–Crippen LogP) is 2.13. The maximum atomic E-state index is 12.4. The van der Waals surface area contributed by atoms with Gasteiger partial charge in [-0.05, 0) is 31.2 Å². The molecule has 120 valence electrons. The Kier molecular flexibility index (Phi) is 3.92. The zero-order valence-corrected chi connectivity index (χ0v) is 12.8. The van der Waals surface area contributed by atoms with Crippen LogP contribution in [0.4, 0.5) is 5.69 Å². The molecular formula is C16H16N2O5. The van der Waals surface area contributed by atoms with Crippen LogP contribution in [0, 0.1) is 6.92 Å². The maximum absolute atomic E-state index is 12.4. The minimum atomic E-state index is -0.546. The molecule has 7 nitrogen and oxygen atoms in total. The Labute approximate surface area is 132 Å². The third-order valence-electron chi connectivity index (χ3n) is 3.39. The van der Waals surface area contributed by atoms with Gasteiger partial charge in [0, 0.05) is 11.3 Å². The van der Waals surface area contributed by atoms with Crippen molar-refractivity contribution in [1.82, 2.24) is 4.98 Å². The fraction of sp³-hybridized carbons (Fsp3) is 0.250. The van der Waals surface area contributed by atoms with Gasteiger partial charge in [-0.15, -0.1) is 0 Å². The van der Waals surface area contributed by atoms with E-state index >= 15 is 0 Å². The molecule has 0 bridgehead atoms. The van der Waals surface area contributed by atoms with Crippen LogP contribution in [0.2, 0.25) is 0 Å². The Balaban J connectivity index is 1.83. The van der Waals surface area contributed by atoms with E-state index in [1.54, 1.807) is 31.2 Å². The van der Waals surface area contributed by atoms with Crippen LogP contribution in [0.5, 0.6) is 11.5 Å². The molecule has 2 heterocycles. The summed E-state index contributed by atoms with van der Waals surface area (Å²) in [6.45, 7) is 2.72. The molecule has 1 aromatic carbocycles. The Morgan fingerprint density at radius 3 is 2.65 bits per heavy atom. The lowest BCUT2D eigenvalue weighted by atomic mass is 10.1. The highest BCUT2D eigenvalue weighted by Crippen LogP contribution is 2.31. The molecular weight excluding hydrogens is 300 g/mol. The number of nitrogens with one attached hydrogen (secondary N) is 2. The summed E-state index contributed by atoms with van der Waals surface area (Å²) in [5.74, 6) is 0.240. The van der Waals surface area contributed by atoms with E-state index < -0.39 is 5.97 Å². The standard InChI is InChI=1S/C16H16N2O5/c1-9-7-11(14(17-9)16(20)21-2)18-15(19)10-3-4-12-13(8-10)23-6-5-22-12/h3-4,7-8,17H,5-6H2,1-2H3,(H,18,19). The molecule has 0 saturated heterocycles. The first-order valence-electron chi connectivity index (χ1n) is 7.07. The van der Waals surface area contributed by atoms with Crippen LogP contribution in [-0.2, 0) is 4.74 Å². The maximum Gasteiger partial charge on any atom is 0.356 e. The Hall–Kier alpha value is -2.96. The zero-order chi connectivity index (χ0) is 16.4. The van der Waals surface area contributed by atoms with E-state index in [1.807, 2.05) is 0 Å². The summed E-state index contributed by atoms with van der Waals surface area (Å²) in [6, 6.07) is 6.61. The number of aromatic nitrogens is 1. The first-order valence-corrected chi connectivity index (χ1v) is 7.07. The number of benzene rings is 1. The average Bonchev–Trinajstić information content (AvgIpc) is 2.94. The number of hydrogen-bond donors (Lipinski definition) is 2. The molecule has 3 rings (SSSR count). The van der Waals surface area contributed by atoms with Crippen LogP contribution >= 0.6 is 0 Å². The number of rotatable bonds is 3. The van der Waals surface area contributed by atoms with Gasteiger partial charge in [0.1, 0.15) is 18.9 Å². The quantitative estimate of drug-likeness (QED) is 0.847. The van der Waals surface area contributed by atoms with E-state index in [4.69, 9.17) is 14.2 Å². The molecule has 2 aromatic rings. The third kappa shape index (κ3) is 2.98. The van der Waals surface area contributed by atoms with Crippen molar-refractivity contribution in [2.24, 2.45) is 0 Å². The van der Waals surface area contributed by atoms with Crippen molar-refractivity contribution >= 4 is 17.6 Å². The van der Waals surface area contributed by atoms with Crippen molar-refractivity contribution in [3.05, 3.63) is 41.2 Å². The SMILES string of the molecule is COC(=O)c1[nH]c(C)cc1NC(=O)c1ccc2c(c1)OCCO2. The minimum Gasteiger partial charge on any atom is -0.486 e. The number of carbonyl (C=O) groups is 2. The van der Waals surface area contributed by atoms with Gasteiger partial charge in [-0.2, -0.15) is 0 Å². The molecule has 0 spiro atoms. The molecule has 1 amide bonds. The van der Waals surface area contributed by atoms with Gasteiger partial charge in [0.05, 0.1) is 12.8 Å². The Morgan fingerprint density at radius 1 is 1.17 bits per heavy atom. The molecule has 1 aliphatic rings. The van der Waals surface area contributed by atoms with Gasteiger partial charge in [-0.25, -0.2) is 4.79 Å². The van der Waals surface area contributed by atoms with Crippen molar-refractivity contribution < 1.29 is 23.8 Å². The number of carbonyl (C=O) groups excluding carboxylic acids is 2. The second kappa shape index (κ2) is 6.04. The van der Waals surface area contributed by atoms with E-state index in [1.165, 1.54) is 7.11 Å². The normalized spacial score (nSPS) is 12.6. The van der Waals surface area contributed by atoms with Crippen molar-refractivity contribution in [3.63, 3.8) is 0 Å². The Morgan fingerprint density at radius 2 is 1.91 bits per heavy atom. The molecule has 0 radical (unpaired) electrons. The number of hydrogen-bond acceptors (Lipinski definition) is 5. The van der Waals surface area contributed by atoms with E-state index in [0.29, 0.717) is 36.0 Å². The summed E-state index contributed by atoms with van der Waals surface area (Å²) >= 11 is 0. The van der Waals surface area contributed by atoms with Gasteiger partial charge in [0.15, 0.2) is 11.5 Å². The van der Waals surface area contributed by atoms with Gasteiger partial charge < -0.3 is 24.5 Å². The fourth-order valence-electron chi connectivity index (χ4n) is 2.33. The van der Waals surface area contributed by atoms with Crippen LogP contribution in [0.3, 0.4) is 0 Å². The predicted molar refractivity (Wildman–Crippen MR) is 82.3 cm³/mol. The summed E-state index contributed by atoms with van der Waals surface area (Å²) in [5, 5.41) is 2.70. The van der Waals surface area contributed by atoms with Gasteiger partial charge >= 0.3 is 5.97 Å². The third-order valence-corrected chi connectivity index (χ3v) is 3.39. The molecule has 23 heavy (non-hydrogen) atoms. The van der Waals surface area contributed by atoms with Crippen molar-refractivity contribution in [1.29, 1.82) is 0 Å². The largest absolute Gasteiger partial charge is 0.486 e. The van der Waals surface area contributed by atoms with Gasteiger partial charge in [0.2, 0.25) is 0 Å². The number of H-pyrrole nitrogens is 1. The van der Waals surface area contributed by atoms with E-state index in [-0.39, 0.29) is 11.6 Å². The van der Waals surface area contributed by atoms with Crippen molar-refractivity contribution in [2.75, 3.05) is 25.6 Å². The number of ether oxygens (including phenoxy) is 3. The van der Waals surface area contributed by atoms with E-state index in [9.17, 15) is 9.59 Å². The van der Waals surface area contributed by atoms with Gasteiger partial charge in [0.25, 0.3) is 5.91 Å². The number of fused-ring (bicyclic) bond motifs is 1.